The molecule has 51 heavy (non-hydrogen) atoms. The highest BCUT2D eigenvalue weighted by Gasteiger charge is 2.20. The molecule has 6 aromatic heterocycles. The number of benzene rings is 2. The fourth-order valence-electron chi connectivity index (χ4n) is 5.53. The van der Waals surface area contributed by atoms with Gasteiger partial charge < -0.3 is 19.3 Å². The average molecular weight is 721 g/mol. The summed E-state index contributed by atoms with van der Waals surface area (Å²) in [6, 6.07) is 14.6. The summed E-state index contributed by atoms with van der Waals surface area (Å²) in [5.41, 5.74) is 2.52. The molecule has 0 radical (unpaired) electrons. The third kappa shape index (κ3) is 5.97. The molecule has 14 nitrogen and oxygen atoms in total. The second-order valence-corrected chi connectivity index (χ2v) is 13.5. The number of thiophene rings is 2. The Morgan fingerprint density at radius 3 is 1.47 bits per heavy atom. The van der Waals surface area contributed by atoms with Gasteiger partial charge in [-0.25, -0.2) is 29.9 Å². The van der Waals surface area contributed by atoms with Crippen LogP contribution < -0.4 is 30.4 Å². The van der Waals surface area contributed by atoms with Crippen molar-refractivity contribution in [3.63, 3.8) is 0 Å². The number of aromatic nitrogens is 8. The standard InChI is InChI=1S/C18H17N5O2S.C17H15N5O2S/c1-4-22(2)16-13-14-15(26-17(13)20-9-19-16)18(24)23(10-21-14)11-5-7-12(25-3)8-6-11;1-21(2)15-12-13-14(25-16(12)19-8-18-15)17(23)22(9-20-13)10-4-6-11(24-3)7-5-10/h5-10H,4H2,1-3H3;4-9H,1-3H3. The molecular formula is C35H32N10O4S2. The van der Waals surface area contributed by atoms with Crippen molar-refractivity contribution < 1.29 is 9.47 Å². The summed E-state index contributed by atoms with van der Waals surface area (Å²) < 4.78 is 14.5. The van der Waals surface area contributed by atoms with Gasteiger partial charge in [0.2, 0.25) is 0 Å². The maximum atomic E-state index is 13.0. The molecule has 0 fully saturated rings. The van der Waals surface area contributed by atoms with Gasteiger partial charge in [-0.1, -0.05) is 0 Å². The Hall–Kier alpha value is -6.00. The van der Waals surface area contributed by atoms with Crippen molar-refractivity contribution >= 4 is 75.2 Å². The fourth-order valence-corrected chi connectivity index (χ4v) is 7.57. The van der Waals surface area contributed by atoms with Crippen LogP contribution in [0.25, 0.3) is 52.2 Å². The number of hydrogen-bond donors (Lipinski definition) is 0. The van der Waals surface area contributed by atoms with E-state index in [0.717, 1.165) is 61.5 Å². The van der Waals surface area contributed by atoms with Gasteiger partial charge in [0, 0.05) is 27.7 Å². The summed E-state index contributed by atoms with van der Waals surface area (Å²) in [4.78, 5) is 57.9. The molecule has 16 heteroatoms. The maximum absolute atomic E-state index is 13.0. The van der Waals surface area contributed by atoms with Crippen LogP contribution >= 0.6 is 22.7 Å². The number of hydrogen-bond acceptors (Lipinski definition) is 14. The average Bonchev–Trinajstić information content (AvgIpc) is 3.75. The molecule has 0 atom stereocenters. The van der Waals surface area contributed by atoms with Crippen molar-refractivity contribution in [2.75, 3.05) is 51.7 Å². The molecule has 0 amide bonds. The lowest BCUT2D eigenvalue weighted by molar-refractivity contribution is 0.414. The number of ether oxygens (including phenoxy) is 2. The number of nitrogens with zero attached hydrogens (tertiary/aromatic N) is 10. The van der Waals surface area contributed by atoms with E-state index >= 15 is 0 Å². The van der Waals surface area contributed by atoms with E-state index in [9.17, 15) is 9.59 Å². The first-order valence-electron chi connectivity index (χ1n) is 15.7. The van der Waals surface area contributed by atoms with Crippen molar-refractivity contribution in [1.29, 1.82) is 0 Å². The summed E-state index contributed by atoms with van der Waals surface area (Å²) in [5, 5.41) is 1.64. The highest BCUT2D eigenvalue weighted by Crippen LogP contribution is 2.35. The van der Waals surface area contributed by atoms with Crippen LogP contribution in [0.2, 0.25) is 0 Å². The van der Waals surface area contributed by atoms with Crippen LogP contribution in [0, 0.1) is 0 Å². The minimum atomic E-state index is -0.122. The zero-order valence-corrected chi connectivity index (χ0v) is 30.2. The number of rotatable bonds is 7. The van der Waals surface area contributed by atoms with Gasteiger partial charge in [0.1, 0.15) is 78.5 Å². The predicted molar refractivity (Wildman–Crippen MR) is 203 cm³/mol. The zero-order valence-electron chi connectivity index (χ0n) is 28.6. The van der Waals surface area contributed by atoms with E-state index in [0.29, 0.717) is 20.4 Å². The molecule has 0 aliphatic heterocycles. The second-order valence-electron chi connectivity index (χ2n) is 11.5. The van der Waals surface area contributed by atoms with E-state index in [1.165, 1.54) is 44.5 Å². The smallest absolute Gasteiger partial charge is 0.275 e. The van der Waals surface area contributed by atoms with Gasteiger partial charge >= 0.3 is 0 Å². The first kappa shape index (κ1) is 33.5. The number of methoxy groups -OCH3 is 2. The number of fused-ring (bicyclic) bond motifs is 6. The van der Waals surface area contributed by atoms with Crippen molar-refractivity contribution in [3.05, 3.63) is 94.5 Å². The van der Waals surface area contributed by atoms with Crippen LogP contribution in [-0.2, 0) is 0 Å². The van der Waals surface area contributed by atoms with E-state index in [4.69, 9.17) is 9.47 Å². The monoisotopic (exact) mass is 720 g/mol. The molecule has 258 valence electrons. The first-order chi connectivity index (χ1) is 24.7. The van der Waals surface area contributed by atoms with Gasteiger partial charge in [-0.15, -0.1) is 22.7 Å². The van der Waals surface area contributed by atoms with Crippen LogP contribution in [0.15, 0.2) is 83.4 Å². The van der Waals surface area contributed by atoms with Crippen molar-refractivity contribution in [3.8, 4) is 22.9 Å². The van der Waals surface area contributed by atoms with Gasteiger partial charge in [0.15, 0.2) is 0 Å². The van der Waals surface area contributed by atoms with Crippen LogP contribution in [0.3, 0.4) is 0 Å². The van der Waals surface area contributed by atoms with Crippen LogP contribution in [0.5, 0.6) is 11.5 Å². The molecule has 0 saturated heterocycles. The van der Waals surface area contributed by atoms with E-state index in [1.54, 1.807) is 26.9 Å². The maximum Gasteiger partial charge on any atom is 0.275 e. The minimum Gasteiger partial charge on any atom is -0.497 e. The Kier molecular flexibility index (Phi) is 9.01. The molecule has 0 aliphatic carbocycles. The molecule has 6 heterocycles. The summed E-state index contributed by atoms with van der Waals surface area (Å²) in [5.74, 6) is 3.02. The van der Waals surface area contributed by atoms with Crippen LogP contribution in [0.1, 0.15) is 6.92 Å². The zero-order chi connectivity index (χ0) is 35.8. The summed E-state index contributed by atoms with van der Waals surface area (Å²) in [6.07, 6.45) is 6.14. The van der Waals surface area contributed by atoms with E-state index < -0.39 is 0 Å². The Balaban J connectivity index is 0.000000159. The fraction of sp³-hybridized carbons (Fsp3) is 0.200. The normalized spacial score (nSPS) is 11.2. The van der Waals surface area contributed by atoms with Gasteiger partial charge in [0.05, 0.1) is 36.4 Å². The van der Waals surface area contributed by atoms with Gasteiger partial charge in [-0.3, -0.25) is 18.7 Å². The molecule has 0 spiro atoms. The molecule has 2 aromatic carbocycles. The molecular weight excluding hydrogens is 689 g/mol. The quantitative estimate of drug-likeness (QED) is 0.210. The molecule has 8 rings (SSSR count). The second kappa shape index (κ2) is 13.7. The minimum absolute atomic E-state index is 0.117. The Morgan fingerprint density at radius 2 is 1.06 bits per heavy atom. The van der Waals surface area contributed by atoms with Gasteiger partial charge in [-0.05, 0) is 55.5 Å². The van der Waals surface area contributed by atoms with Crippen molar-refractivity contribution in [2.24, 2.45) is 0 Å². The molecule has 0 saturated carbocycles. The SMILES string of the molecule is CCN(C)c1ncnc2sc3c(=O)n(-c4ccc(OC)cc4)cnc3c12.COc1ccc(-n2cnc3c(sc4ncnc(N(C)C)c43)c2=O)cc1. The molecule has 0 aliphatic rings. The molecule has 0 N–H and O–H groups in total. The Morgan fingerprint density at radius 1 is 0.627 bits per heavy atom. The molecule has 0 bridgehead atoms. The van der Waals surface area contributed by atoms with Gasteiger partial charge in [0.25, 0.3) is 11.1 Å². The summed E-state index contributed by atoms with van der Waals surface area (Å²) >= 11 is 2.69. The third-order valence-corrected chi connectivity index (χ3v) is 10.4. The van der Waals surface area contributed by atoms with E-state index in [2.05, 4.69) is 29.9 Å². The van der Waals surface area contributed by atoms with Gasteiger partial charge in [-0.2, -0.15) is 0 Å². The first-order valence-corrected chi connectivity index (χ1v) is 17.3. The predicted octanol–water partition coefficient (Wildman–Crippen LogP) is 5.32. The van der Waals surface area contributed by atoms with Crippen LogP contribution in [-0.4, -0.2) is 80.9 Å². The van der Waals surface area contributed by atoms with E-state index in [-0.39, 0.29) is 11.1 Å². The van der Waals surface area contributed by atoms with Crippen LogP contribution in [0.4, 0.5) is 11.6 Å². The lowest BCUT2D eigenvalue weighted by Crippen LogP contribution is -2.18. The Bertz CT molecular complexity index is 2650. The largest absolute Gasteiger partial charge is 0.497 e. The number of anilines is 2. The van der Waals surface area contributed by atoms with Crippen molar-refractivity contribution in [1.82, 2.24) is 39.0 Å². The Labute approximate surface area is 298 Å². The highest BCUT2D eigenvalue weighted by atomic mass is 32.1. The lowest BCUT2D eigenvalue weighted by atomic mass is 10.3. The highest BCUT2D eigenvalue weighted by molar-refractivity contribution is 7.25. The lowest BCUT2D eigenvalue weighted by Gasteiger charge is -2.15. The van der Waals surface area contributed by atoms with E-state index in [1.807, 2.05) is 86.4 Å². The topological polar surface area (TPSA) is 146 Å². The third-order valence-electron chi connectivity index (χ3n) is 8.28. The summed E-state index contributed by atoms with van der Waals surface area (Å²) in [7, 11) is 8.99. The molecule has 8 aromatic rings. The van der Waals surface area contributed by atoms with Crippen molar-refractivity contribution in [2.45, 2.75) is 6.92 Å². The molecule has 0 unspecified atom stereocenters. The summed E-state index contributed by atoms with van der Waals surface area (Å²) in [6.45, 7) is 2.85.